The Bertz CT molecular complexity index is 560. The summed E-state index contributed by atoms with van der Waals surface area (Å²) >= 11 is 6.06. The van der Waals surface area contributed by atoms with Crippen molar-refractivity contribution in [1.29, 1.82) is 0 Å². The number of amides is 1. The molecule has 0 saturated heterocycles. The van der Waals surface area contributed by atoms with E-state index in [1.807, 2.05) is 0 Å². The SMILES string of the molecule is CC(CNC(=O)c1cnc(OCC2CC2)c(Cl)c1)CC(=O)O. The molecule has 2 rings (SSSR count). The van der Waals surface area contributed by atoms with Crippen molar-refractivity contribution >= 4 is 23.5 Å². The van der Waals surface area contributed by atoms with Crippen LogP contribution in [0.3, 0.4) is 0 Å². The van der Waals surface area contributed by atoms with Crippen LogP contribution in [-0.4, -0.2) is 35.1 Å². The largest absolute Gasteiger partial charge is 0.481 e. The van der Waals surface area contributed by atoms with Crippen LogP contribution in [0.15, 0.2) is 12.3 Å². The smallest absolute Gasteiger partial charge is 0.303 e. The molecular weight excluding hydrogens is 308 g/mol. The van der Waals surface area contributed by atoms with E-state index in [0.717, 1.165) is 0 Å². The molecule has 6 nitrogen and oxygen atoms in total. The first-order valence-electron chi connectivity index (χ1n) is 7.24. The molecule has 1 unspecified atom stereocenters. The molecule has 7 heteroatoms. The Morgan fingerprint density at radius 2 is 2.27 bits per heavy atom. The van der Waals surface area contributed by atoms with E-state index < -0.39 is 5.97 Å². The maximum Gasteiger partial charge on any atom is 0.303 e. The summed E-state index contributed by atoms with van der Waals surface area (Å²) in [4.78, 5) is 26.6. The van der Waals surface area contributed by atoms with Crippen molar-refractivity contribution in [3.05, 3.63) is 22.8 Å². The third kappa shape index (κ3) is 5.18. The Balaban J connectivity index is 1.86. The predicted molar refractivity (Wildman–Crippen MR) is 81.2 cm³/mol. The van der Waals surface area contributed by atoms with Crippen LogP contribution < -0.4 is 10.1 Å². The van der Waals surface area contributed by atoms with Crippen LogP contribution >= 0.6 is 11.6 Å². The van der Waals surface area contributed by atoms with E-state index in [9.17, 15) is 9.59 Å². The number of nitrogens with zero attached hydrogens (tertiary/aromatic N) is 1. The van der Waals surface area contributed by atoms with Crippen LogP contribution in [0.25, 0.3) is 0 Å². The Labute approximate surface area is 133 Å². The van der Waals surface area contributed by atoms with Gasteiger partial charge < -0.3 is 15.2 Å². The molecule has 1 aliphatic carbocycles. The summed E-state index contributed by atoms with van der Waals surface area (Å²) in [6.45, 7) is 2.64. The first-order chi connectivity index (χ1) is 10.5. The molecular formula is C15H19ClN2O4. The van der Waals surface area contributed by atoms with Gasteiger partial charge in [-0.3, -0.25) is 9.59 Å². The molecule has 1 amide bonds. The van der Waals surface area contributed by atoms with Crippen molar-refractivity contribution in [2.24, 2.45) is 11.8 Å². The Morgan fingerprint density at radius 3 is 2.86 bits per heavy atom. The molecule has 1 saturated carbocycles. The Hall–Kier alpha value is -1.82. The molecule has 22 heavy (non-hydrogen) atoms. The summed E-state index contributed by atoms with van der Waals surface area (Å²) in [5.74, 6) is -0.434. The lowest BCUT2D eigenvalue weighted by atomic mass is 10.1. The van der Waals surface area contributed by atoms with Crippen LogP contribution in [0.4, 0.5) is 0 Å². The number of carbonyl (C=O) groups excluding carboxylic acids is 1. The normalized spacial score (nSPS) is 15.2. The van der Waals surface area contributed by atoms with Gasteiger partial charge in [-0.25, -0.2) is 4.98 Å². The number of halogens is 1. The third-order valence-electron chi connectivity index (χ3n) is 3.36. The van der Waals surface area contributed by atoms with Crippen LogP contribution in [0, 0.1) is 11.8 Å². The van der Waals surface area contributed by atoms with Gasteiger partial charge in [0, 0.05) is 19.2 Å². The summed E-state index contributed by atoms with van der Waals surface area (Å²) < 4.78 is 5.50. The quantitative estimate of drug-likeness (QED) is 0.765. The van der Waals surface area contributed by atoms with Gasteiger partial charge in [0.25, 0.3) is 5.91 Å². The predicted octanol–water partition coefficient (Wildman–Crippen LogP) is 2.36. The molecule has 2 N–H and O–H groups in total. The lowest BCUT2D eigenvalue weighted by molar-refractivity contribution is -0.137. The zero-order valence-electron chi connectivity index (χ0n) is 12.3. The Kier molecular flexibility index (Phi) is 5.60. The van der Waals surface area contributed by atoms with Gasteiger partial charge in [-0.1, -0.05) is 18.5 Å². The van der Waals surface area contributed by atoms with Gasteiger partial charge in [-0.15, -0.1) is 0 Å². The first kappa shape index (κ1) is 16.5. The van der Waals surface area contributed by atoms with E-state index in [0.29, 0.717) is 29.0 Å². The summed E-state index contributed by atoms with van der Waals surface area (Å²) in [7, 11) is 0. The van der Waals surface area contributed by atoms with E-state index in [4.69, 9.17) is 21.4 Å². The number of carbonyl (C=O) groups is 2. The fourth-order valence-electron chi connectivity index (χ4n) is 1.88. The van der Waals surface area contributed by atoms with Crippen molar-refractivity contribution in [2.45, 2.75) is 26.2 Å². The standard InChI is InChI=1S/C15H19ClN2O4/c1-9(4-13(19)20)6-17-14(21)11-5-12(16)15(18-7-11)22-8-10-2-3-10/h5,7,9-10H,2-4,6,8H2,1H3,(H,17,21)(H,19,20). The van der Waals surface area contributed by atoms with Crippen molar-refractivity contribution < 1.29 is 19.4 Å². The molecule has 1 aromatic heterocycles. The fraction of sp³-hybridized carbons (Fsp3) is 0.533. The molecule has 0 aromatic carbocycles. The van der Waals surface area contributed by atoms with Gasteiger partial charge >= 0.3 is 5.97 Å². The number of carboxylic acid groups (broad SMARTS) is 1. The van der Waals surface area contributed by atoms with Crippen LogP contribution in [0.5, 0.6) is 5.88 Å². The number of rotatable bonds is 8. The molecule has 120 valence electrons. The maximum atomic E-state index is 12.0. The second-order valence-electron chi connectivity index (χ2n) is 5.68. The van der Waals surface area contributed by atoms with Crippen LogP contribution in [0.1, 0.15) is 36.5 Å². The summed E-state index contributed by atoms with van der Waals surface area (Å²) in [6, 6.07) is 1.51. The molecule has 0 aliphatic heterocycles. The number of aliphatic carboxylic acids is 1. The van der Waals surface area contributed by atoms with E-state index >= 15 is 0 Å². The molecule has 1 atom stereocenters. The van der Waals surface area contributed by atoms with Crippen molar-refractivity contribution in [1.82, 2.24) is 10.3 Å². The van der Waals surface area contributed by atoms with Gasteiger partial charge in [-0.05, 0) is 30.7 Å². The molecule has 1 aliphatic rings. The topological polar surface area (TPSA) is 88.5 Å². The van der Waals surface area contributed by atoms with Gasteiger partial charge in [0.1, 0.15) is 5.02 Å². The zero-order chi connectivity index (χ0) is 16.1. The van der Waals surface area contributed by atoms with Crippen molar-refractivity contribution in [2.75, 3.05) is 13.2 Å². The summed E-state index contributed by atoms with van der Waals surface area (Å²) in [5, 5.41) is 11.6. The summed E-state index contributed by atoms with van der Waals surface area (Å²) in [6.07, 6.45) is 3.76. The Morgan fingerprint density at radius 1 is 1.55 bits per heavy atom. The first-order valence-corrected chi connectivity index (χ1v) is 7.62. The number of hydrogen-bond acceptors (Lipinski definition) is 4. The highest BCUT2D eigenvalue weighted by Gasteiger charge is 2.23. The number of aromatic nitrogens is 1. The third-order valence-corrected chi connectivity index (χ3v) is 3.63. The fourth-order valence-corrected chi connectivity index (χ4v) is 2.10. The van der Waals surface area contributed by atoms with Gasteiger partial charge in [0.2, 0.25) is 5.88 Å². The zero-order valence-corrected chi connectivity index (χ0v) is 13.1. The molecule has 1 aromatic rings. The number of carboxylic acids is 1. The molecule has 0 spiro atoms. The van der Waals surface area contributed by atoms with Gasteiger partial charge in [0.05, 0.1) is 12.2 Å². The van der Waals surface area contributed by atoms with E-state index in [2.05, 4.69) is 10.3 Å². The average Bonchev–Trinajstić information content (AvgIpc) is 3.27. The number of hydrogen-bond donors (Lipinski definition) is 2. The highest BCUT2D eigenvalue weighted by molar-refractivity contribution is 6.32. The minimum absolute atomic E-state index is 0.00717. The molecule has 0 radical (unpaired) electrons. The van der Waals surface area contributed by atoms with E-state index in [-0.39, 0.29) is 24.8 Å². The second kappa shape index (κ2) is 7.45. The number of nitrogens with one attached hydrogen (secondary N) is 1. The van der Waals surface area contributed by atoms with E-state index in [1.165, 1.54) is 25.1 Å². The van der Waals surface area contributed by atoms with Crippen molar-refractivity contribution in [3.8, 4) is 5.88 Å². The van der Waals surface area contributed by atoms with Crippen LogP contribution in [0.2, 0.25) is 5.02 Å². The monoisotopic (exact) mass is 326 g/mol. The minimum atomic E-state index is -0.886. The highest BCUT2D eigenvalue weighted by Crippen LogP contribution is 2.30. The maximum absolute atomic E-state index is 12.0. The van der Waals surface area contributed by atoms with Gasteiger partial charge in [-0.2, -0.15) is 0 Å². The van der Waals surface area contributed by atoms with E-state index in [1.54, 1.807) is 6.92 Å². The average molecular weight is 327 g/mol. The molecule has 1 heterocycles. The highest BCUT2D eigenvalue weighted by atomic mass is 35.5. The number of pyridine rings is 1. The van der Waals surface area contributed by atoms with Crippen LogP contribution in [-0.2, 0) is 4.79 Å². The van der Waals surface area contributed by atoms with Gasteiger partial charge in [0.15, 0.2) is 0 Å². The lowest BCUT2D eigenvalue weighted by Crippen LogP contribution is -2.29. The summed E-state index contributed by atoms with van der Waals surface area (Å²) in [5.41, 5.74) is 0.325. The van der Waals surface area contributed by atoms with Crippen molar-refractivity contribution in [3.63, 3.8) is 0 Å². The molecule has 0 bridgehead atoms. The molecule has 1 fully saturated rings. The minimum Gasteiger partial charge on any atom is -0.481 e. The number of ether oxygens (including phenoxy) is 1. The second-order valence-corrected chi connectivity index (χ2v) is 6.09. The lowest BCUT2D eigenvalue weighted by Gasteiger charge is -2.11.